The summed E-state index contributed by atoms with van der Waals surface area (Å²) in [5.74, 6) is 0.119. The second-order valence-corrected chi connectivity index (χ2v) is 6.49. The van der Waals surface area contributed by atoms with Crippen LogP contribution in [0, 0.1) is 6.92 Å². The fourth-order valence-electron chi connectivity index (χ4n) is 3.17. The molecule has 1 saturated heterocycles. The van der Waals surface area contributed by atoms with Crippen LogP contribution in [0.3, 0.4) is 0 Å². The van der Waals surface area contributed by atoms with E-state index in [1.54, 1.807) is 11.0 Å². The summed E-state index contributed by atoms with van der Waals surface area (Å²) >= 11 is 0. The van der Waals surface area contributed by atoms with Gasteiger partial charge in [0.05, 0.1) is 26.2 Å². The first-order chi connectivity index (χ1) is 11.7. The smallest absolute Gasteiger partial charge is 0.246 e. The first kappa shape index (κ1) is 16.5. The van der Waals surface area contributed by atoms with Crippen molar-refractivity contribution in [2.75, 3.05) is 26.2 Å². The molecule has 0 spiro atoms. The molecule has 0 aliphatic carbocycles. The average Bonchev–Trinajstić information content (AvgIpc) is 2.61. The molecule has 24 heavy (non-hydrogen) atoms. The Balaban J connectivity index is 1.49. The molecule has 3 nitrogen and oxygen atoms in total. The molecule has 0 unspecified atom stereocenters. The van der Waals surface area contributed by atoms with Crippen LogP contribution in [0.2, 0.25) is 0 Å². The third-order valence-corrected chi connectivity index (χ3v) is 4.54. The highest BCUT2D eigenvalue weighted by atomic mass is 16.2. The third-order valence-electron chi connectivity index (χ3n) is 4.54. The van der Waals surface area contributed by atoms with Crippen LogP contribution < -0.4 is 4.90 Å². The third kappa shape index (κ3) is 4.56. The molecule has 1 N–H and O–H groups in total. The van der Waals surface area contributed by atoms with Crippen molar-refractivity contribution in [2.24, 2.45) is 0 Å². The van der Waals surface area contributed by atoms with Crippen molar-refractivity contribution in [1.29, 1.82) is 0 Å². The van der Waals surface area contributed by atoms with Crippen LogP contribution in [-0.2, 0) is 11.3 Å². The molecule has 0 atom stereocenters. The Morgan fingerprint density at radius 3 is 2.54 bits per heavy atom. The Hall–Kier alpha value is -2.39. The number of nitrogens with zero attached hydrogens (tertiary/aromatic N) is 1. The lowest BCUT2D eigenvalue weighted by atomic mass is 10.1. The van der Waals surface area contributed by atoms with Crippen molar-refractivity contribution < 1.29 is 9.69 Å². The standard InChI is InChI=1S/C21H24N2O/c1-18-6-5-9-20(16-18)17-22-12-14-23(15-13-22)21(24)11-10-19-7-3-2-4-8-19/h2-11,16H,12-15,17H2,1H3/p+1/b11-10+. The molecule has 2 aromatic rings. The highest BCUT2D eigenvalue weighted by molar-refractivity contribution is 5.91. The van der Waals surface area contributed by atoms with Gasteiger partial charge in [-0.2, -0.15) is 0 Å². The average molecular weight is 321 g/mol. The Morgan fingerprint density at radius 1 is 1.08 bits per heavy atom. The van der Waals surface area contributed by atoms with Crippen molar-refractivity contribution >= 4 is 12.0 Å². The SMILES string of the molecule is Cc1cccc(C[NH+]2CCN(C(=O)/C=C/c3ccccc3)CC2)c1. The molecule has 3 heteroatoms. The van der Waals surface area contributed by atoms with Gasteiger partial charge in [0.15, 0.2) is 0 Å². The zero-order valence-electron chi connectivity index (χ0n) is 14.2. The summed E-state index contributed by atoms with van der Waals surface area (Å²) in [5.41, 5.74) is 3.76. The van der Waals surface area contributed by atoms with E-state index in [1.165, 1.54) is 11.1 Å². The van der Waals surface area contributed by atoms with E-state index in [4.69, 9.17) is 0 Å². The molecule has 0 radical (unpaired) electrons. The number of aryl methyl sites for hydroxylation is 1. The highest BCUT2D eigenvalue weighted by Crippen LogP contribution is 2.04. The maximum absolute atomic E-state index is 12.3. The molecule has 2 aromatic carbocycles. The zero-order valence-corrected chi connectivity index (χ0v) is 14.2. The molecule has 3 rings (SSSR count). The van der Waals surface area contributed by atoms with Crippen molar-refractivity contribution in [3.63, 3.8) is 0 Å². The molecule has 1 aliphatic rings. The summed E-state index contributed by atoms with van der Waals surface area (Å²) in [6, 6.07) is 18.7. The summed E-state index contributed by atoms with van der Waals surface area (Å²) in [7, 11) is 0. The van der Waals surface area contributed by atoms with Crippen molar-refractivity contribution in [3.8, 4) is 0 Å². The van der Waals surface area contributed by atoms with Crippen LogP contribution in [-0.4, -0.2) is 37.0 Å². The number of amides is 1. The fraction of sp³-hybridized carbons (Fsp3) is 0.286. The monoisotopic (exact) mass is 321 g/mol. The van der Waals surface area contributed by atoms with Crippen LogP contribution in [0.5, 0.6) is 0 Å². The molecule has 1 fully saturated rings. The van der Waals surface area contributed by atoms with Crippen LogP contribution in [0.4, 0.5) is 0 Å². The molecule has 0 saturated carbocycles. The van der Waals surface area contributed by atoms with Gasteiger partial charge in [-0.15, -0.1) is 0 Å². The zero-order chi connectivity index (χ0) is 16.8. The number of rotatable bonds is 4. The van der Waals surface area contributed by atoms with Crippen molar-refractivity contribution in [2.45, 2.75) is 13.5 Å². The Bertz CT molecular complexity index is 701. The highest BCUT2D eigenvalue weighted by Gasteiger charge is 2.22. The topological polar surface area (TPSA) is 24.8 Å². The Labute approximate surface area is 144 Å². The minimum absolute atomic E-state index is 0.119. The predicted octanol–water partition coefficient (Wildman–Crippen LogP) is 1.94. The van der Waals surface area contributed by atoms with Gasteiger partial charge in [0, 0.05) is 11.6 Å². The molecule has 1 amide bonds. The van der Waals surface area contributed by atoms with E-state index in [9.17, 15) is 4.79 Å². The van der Waals surface area contributed by atoms with Crippen LogP contribution >= 0.6 is 0 Å². The van der Waals surface area contributed by atoms with Gasteiger partial charge < -0.3 is 9.80 Å². The number of carbonyl (C=O) groups excluding carboxylic acids is 1. The molecule has 0 aromatic heterocycles. The quantitative estimate of drug-likeness (QED) is 0.855. The van der Waals surface area contributed by atoms with Gasteiger partial charge in [-0.25, -0.2) is 0 Å². The lowest BCUT2D eigenvalue weighted by molar-refractivity contribution is -0.917. The summed E-state index contributed by atoms with van der Waals surface area (Å²) in [6.07, 6.45) is 3.59. The van der Waals surface area contributed by atoms with Gasteiger partial charge in [-0.1, -0.05) is 60.2 Å². The van der Waals surface area contributed by atoms with Crippen LogP contribution in [0.25, 0.3) is 6.08 Å². The lowest BCUT2D eigenvalue weighted by Crippen LogP contribution is -3.13. The van der Waals surface area contributed by atoms with E-state index >= 15 is 0 Å². The number of hydrogen-bond donors (Lipinski definition) is 1. The number of benzene rings is 2. The molecule has 1 heterocycles. The predicted molar refractivity (Wildman–Crippen MR) is 97.6 cm³/mol. The Kier molecular flexibility index (Phi) is 5.44. The van der Waals surface area contributed by atoms with Gasteiger partial charge in [-0.05, 0) is 18.6 Å². The maximum Gasteiger partial charge on any atom is 0.246 e. The number of nitrogens with one attached hydrogen (secondary N) is 1. The van der Waals surface area contributed by atoms with E-state index in [1.807, 2.05) is 41.3 Å². The largest absolute Gasteiger partial charge is 0.328 e. The van der Waals surface area contributed by atoms with E-state index in [2.05, 4.69) is 31.2 Å². The van der Waals surface area contributed by atoms with Crippen LogP contribution in [0.1, 0.15) is 16.7 Å². The normalized spacial score (nSPS) is 15.8. The minimum Gasteiger partial charge on any atom is -0.328 e. The van der Waals surface area contributed by atoms with Gasteiger partial charge >= 0.3 is 0 Å². The van der Waals surface area contributed by atoms with E-state index in [0.717, 1.165) is 38.3 Å². The van der Waals surface area contributed by atoms with Gasteiger partial charge in [0.2, 0.25) is 5.91 Å². The summed E-state index contributed by atoms with van der Waals surface area (Å²) < 4.78 is 0. The number of carbonyl (C=O) groups is 1. The first-order valence-electron chi connectivity index (χ1n) is 8.62. The first-order valence-corrected chi connectivity index (χ1v) is 8.62. The molecule has 0 bridgehead atoms. The van der Waals surface area contributed by atoms with Crippen molar-refractivity contribution in [1.82, 2.24) is 4.90 Å². The fourth-order valence-corrected chi connectivity index (χ4v) is 3.17. The number of piperazine rings is 1. The van der Waals surface area contributed by atoms with Gasteiger partial charge in [0.25, 0.3) is 0 Å². The molecule has 1 aliphatic heterocycles. The Morgan fingerprint density at radius 2 is 1.83 bits per heavy atom. The minimum atomic E-state index is 0.119. The maximum atomic E-state index is 12.3. The van der Waals surface area contributed by atoms with E-state index in [0.29, 0.717) is 0 Å². The summed E-state index contributed by atoms with van der Waals surface area (Å²) in [6.45, 7) is 6.87. The number of hydrogen-bond acceptors (Lipinski definition) is 1. The summed E-state index contributed by atoms with van der Waals surface area (Å²) in [4.78, 5) is 15.8. The van der Waals surface area contributed by atoms with Gasteiger partial charge in [0.1, 0.15) is 6.54 Å². The van der Waals surface area contributed by atoms with Gasteiger partial charge in [-0.3, -0.25) is 4.79 Å². The summed E-state index contributed by atoms with van der Waals surface area (Å²) in [5, 5.41) is 0. The number of quaternary nitrogens is 1. The molecule has 124 valence electrons. The second kappa shape index (κ2) is 7.93. The van der Waals surface area contributed by atoms with E-state index < -0.39 is 0 Å². The molecular weight excluding hydrogens is 296 g/mol. The lowest BCUT2D eigenvalue weighted by Gasteiger charge is -2.31. The van der Waals surface area contributed by atoms with Crippen molar-refractivity contribution in [3.05, 3.63) is 77.4 Å². The van der Waals surface area contributed by atoms with E-state index in [-0.39, 0.29) is 5.91 Å². The molecular formula is C21H25N2O+. The second-order valence-electron chi connectivity index (χ2n) is 6.49. The van der Waals surface area contributed by atoms with Crippen LogP contribution in [0.15, 0.2) is 60.7 Å².